The maximum absolute atomic E-state index is 13.9. The van der Waals surface area contributed by atoms with Gasteiger partial charge in [-0.1, -0.05) is 54.6 Å². The molecular weight excluding hydrogens is 513 g/mol. The van der Waals surface area contributed by atoms with E-state index in [0.29, 0.717) is 28.1 Å². The van der Waals surface area contributed by atoms with Gasteiger partial charge in [0, 0.05) is 22.9 Å². The number of halogens is 1. The van der Waals surface area contributed by atoms with Crippen molar-refractivity contribution in [2.75, 3.05) is 0 Å². The van der Waals surface area contributed by atoms with E-state index >= 15 is 0 Å². The van der Waals surface area contributed by atoms with Crippen LogP contribution < -0.4 is 4.74 Å². The minimum Gasteiger partial charge on any atom is -0.489 e. The van der Waals surface area contributed by atoms with E-state index < -0.39 is 14.7 Å². The second kappa shape index (κ2) is 11.2. The molecule has 0 spiro atoms. The summed E-state index contributed by atoms with van der Waals surface area (Å²) >= 11 is 0. The molecule has 0 amide bonds. The lowest BCUT2D eigenvalue weighted by Gasteiger charge is -2.08. The number of hydrogen-bond acceptors (Lipinski definition) is 5. The number of nitriles is 1. The highest BCUT2D eigenvalue weighted by atomic mass is 32.2. The van der Waals surface area contributed by atoms with E-state index in [-0.39, 0.29) is 17.3 Å². The molecule has 0 bridgehead atoms. The second-order valence-corrected chi connectivity index (χ2v) is 10.5. The highest BCUT2D eigenvalue weighted by molar-refractivity contribution is 7.95. The quantitative estimate of drug-likeness (QED) is 0.209. The number of ether oxygens (including phenoxy) is 1. The zero-order chi connectivity index (χ0) is 27.2. The van der Waals surface area contributed by atoms with E-state index in [2.05, 4.69) is 0 Å². The van der Waals surface area contributed by atoms with E-state index in [9.17, 15) is 18.1 Å². The predicted molar refractivity (Wildman–Crippen MR) is 147 cm³/mol. The Bertz CT molecular complexity index is 1770. The Hall–Kier alpha value is -5.00. The third-order valence-corrected chi connectivity index (χ3v) is 7.66. The lowest BCUT2D eigenvalue weighted by atomic mass is 10.1. The Balaban J connectivity index is 1.52. The fraction of sp³-hybridized carbons (Fsp3) is 0.0323. The molecule has 192 valence electrons. The number of para-hydroxylation sites is 1. The van der Waals surface area contributed by atoms with Crippen LogP contribution >= 0.6 is 0 Å². The van der Waals surface area contributed by atoms with Crippen LogP contribution in [0.25, 0.3) is 23.0 Å². The minimum atomic E-state index is -4.04. The first kappa shape index (κ1) is 25.6. The highest BCUT2D eigenvalue weighted by Crippen LogP contribution is 2.30. The topological polar surface area (TPSA) is 85.0 Å². The molecule has 5 rings (SSSR count). The van der Waals surface area contributed by atoms with Crippen LogP contribution in [0, 0.1) is 17.1 Å². The van der Waals surface area contributed by atoms with Crippen LogP contribution in [0.2, 0.25) is 0 Å². The van der Waals surface area contributed by atoms with Crippen molar-refractivity contribution in [2.45, 2.75) is 11.5 Å². The first-order valence-electron chi connectivity index (χ1n) is 12.0. The fourth-order valence-electron chi connectivity index (χ4n) is 3.95. The molecular formula is C31H22FN3O3S. The van der Waals surface area contributed by atoms with Gasteiger partial charge in [-0.05, 0) is 60.7 Å². The van der Waals surface area contributed by atoms with Crippen LogP contribution in [-0.4, -0.2) is 18.2 Å². The maximum Gasteiger partial charge on any atom is 0.216 e. The summed E-state index contributed by atoms with van der Waals surface area (Å²) in [6.07, 6.45) is 3.03. The summed E-state index contributed by atoms with van der Waals surface area (Å²) < 4.78 is 47.7. The van der Waals surface area contributed by atoms with Crippen molar-refractivity contribution in [1.82, 2.24) is 9.78 Å². The molecule has 0 radical (unpaired) electrons. The van der Waals surface area contributed by atoms with Gasteiger partial charge < -0.3 is 4.74 Å². The molecule has 0 aliphatic carbocycles. The van der Waals surface area contributed by atoms with Gasteiger partial charge in [0.05, 0.1) is 10.6 Å². The molecule has 0 fully saturated rings. The molecule has 0 aliphatic rings. The van der Waals surface area contributed by atoms with Gasteiger partial charge in [-0.3, -0.25) is 0 Å². The third kappa shape index (κ3) is 5.64. The average Bonchev–Trinajstić information content (AvgIpc) is 3.40. The summed E-state index contributed by atoms with van der Waals surface area (Å²) in [4.78, 5) is -0.362. The Kier molecular flexibility index (Phi) is 7.34. The number of nitrogens with zero attached hydrogens (tertiary/aromatic N) is 3. The molecule has 4 aromatic carbocycles. The van der Waals surface area contributed by atoms with Crippen LogP contribution in [0.3, 0.4) is 0 Å². The summed E-state index contributed by atoms with van der Waals surface area (Å²) in [5, 5.41) is 14.5. The van der Waals surface area contributed by atoms with Crippen molar-refractivity contribution in [3.63, 3.8) is 0 Å². The van der Waals surface area contributed by atoms with Crippen molar-refractivity contribution in [3.05, 3.63) is 137 Å². The summed E-state index contributed by atoms with van der Waals surface area (Å²) in [6.45, 7) is 0.0749. The van der Waals surface area contributed by atoms with Crippen molar-refractivity contribution in [2.24, 2.45) is 0 Å². The van der Waals surface area contributed by atoms with Crippen LogP contribution in [-0.2, 0) is 16.4 Å². The lowest BCUT2D eigenvalue weighted by Crippen LogP contribution is -2.03. The Labute approximate surface area is 225 Å². The van der Waals surface area contributed by atoms with Gasteiger partial charge in [0.15, 0.2) is 0 Å². The zero-order valence-corrected chi connectivity index (χ0v) is 21.4. The highest BCUT2D eigenvalue weighted by Gasteiger charge is 2.22. The predicted octanol–water partition coefficient (Wildman–Crippen LogP) is 6.60. The zero-order valence-electron chi connectivity index (χ0n) is 20.6. The van der Waals surface area contributed by atoms with E-state index in [1.807, 2.05) is 36.4 Å². The van der Waals surface area contributed by atoms with Crippen LogP contribution in [0.15, 0.2) is 125 Å². The number of sulfone groups is 1. The van der Waals surface area contributed by atoms with E-state index in [4.69, 9.17) is 9.84 Å². The Morgan fingerprint density at radius 1 is 0.897 bits per heavy atom. The molecule has 0 atom stereocenters. The molecule has 0 N–H and O–H groups in total. The van der Waals surface area contributed by atoms with E-state index in [0.717, 1.165) is 5.69 Å². The van der Waals surface area contributed by atoms with Gasteiger partial charge in [-0.15, -0.1) is 0 Å². The largest absolute Gasteiger partial charge is 0.489 e. The molecule has 5 aromatic rings. The normalized spacial score (nSPS) is 11.6. The van der Waals surface area contributed by atoms with Gasteiger partial charge in [0.2, 0.25) is 9.84 Å². The molecule has 1 heterocycles. The minimum absolute atomic E-state index is 0.0335. The van der Waals surface area contributed by atoms with E-state index in [1.54, 1.807) is 71.5 Å². The van der Waals surface area contributed by atoms with Crippen molar-refractivity contribution in [3.8, 4) is 28.8 Å². The standard InChI is InChI=1S/C31H22FN3O3S/c32-30-14-8-7-9-24(30)22-38-27-17-15-23(16-18-27)31-25(21-35(34-31)26-10-3-1-4-11-26)19-29(20-33)39(36,37)28-12-5-2-6-13-28/h1-19,21H,22H2/b29-19-. The molecule has 8 heteroatoms. The van der Waals surface area contributed by atoms with Crippen LogP contribution in [0.1, 0.15) is 11.1 Å². The van der Waals surface area contributed by atoms with Gasteiger partial charge in [0.1, 0.15) is 34.8 Å². The Morgan fingerprint density at radius 2 is 1.54 bits per heavy atom. The average molecular weight is 536 g/mol. The molecule has 6 nitrogen and oxygen atoms in total. The molecule has 0 unspecified atom stereocenters. The summed E-state index contributed by atoms with van der Waals surface area (Å²) in [7, 11) is -4.04. The molecule has 39 heavy (non-hydrogen) atoms. The van der Waals surface area contributed by atoms with Gasteiger partial charge in [-0.2, -0.15) is 10.4 Å². The second-order valence-electron chi connectivity index (χ2n) is 8.55. The summed E-state index contributed by atoms with van der Waals surface area (Å²) in [5.41, 5.74) is 2.83. The van der Waals surface area contributed by atoms with Gasteiger partial charge >= 0.3 is 0 Å². The SMILES string of the molecule is N#C/C(=C/c1cn(-c2ccccc2)nc1-c1ccc(OCc2ccccc2F)cc1)S(=O)(=O)c1ccccc1. The number of rotatable bonds is 8. The number of benzene rings is 4. The van der Waals surface area contributed by atoms with E-state index in [1.165, 1.54) is 24.3 Å². The monoisotopic (exact) mass is 535 g/mol. The summed E-state index contributed by atoms with van der Waals surface area (Å²) in [6, 6.07) is 32.5. The number of allylic oxidation sites excluding steroid dienone is 1. The lowest BCUT2D eigenvalue weighted by molar-refractivity contribution is 0.300. The Morgan fingerprint density at radius 3 is 2.21 bits per heavy atom. The fourth-order valence-corrected chi connectivity index (χ4v) is 5.13. The maximum atomic E-state index is 13.9. The number of hydrogen-bond donors (Lipinski definition) is 0. The van der Waals surface area contributed by atoms with Crippen LogP contribution in [0.4, 0.5) is 4.39 Å². The van der Waals surface area contributed by atoms with Crippen molar-refractivity contribution in [1.29, 1.82) is 5.26 Å². The van der Waals surface area contributed by atoms with Gasteiger partial charge in [0.25, 0.3) is 0 Å². The number of aromatic nitrogens is 2. The first-order chi connectivity index (χ1) is 19.0. The van der Waals surface area contributed by atoms with Crippen molar-refractivity contribution >= 4 is 15.9 Å². The third-order valence-electron chi connectivity index (χ3n) is 5.98. The molecule has 1 aromatic heterocycles. The molecule has 0 saturated heterocycles. The van der Waals surface area contributed by atoms with Crippen molar-refractivity contribution < 1.29 is 17.5 Å². The summed E-state index contributed by atoms with van der Waals surface area (Å²) in [5.74, 6) is 0.196. The van der Waals surface area contributed by atoms with Crippen LogP contribution in [0.5, 0.6) is 5.75 Å². The molecule has 0 aliphatic heterocycles. The first-order valence-corrected chi connectivity index (χ1v) is 13.5. The molecule has 0 saturated carbocycles. The van der Waals surface area contributed by atoms with Gasteiger partial charge in [-0.25, -0.2) is 17.5 Å². The smallest absolute Gasteiger partial charge is 0.216 e.